The largest absolute Gasteiger partial charge is 0.340 e. The summed E-state index contributed by atoms with van der Waals surface area (Å²) in [4.78, 5) is 30.6. The molecule has 106 valence electrons. The van der Waals surface area contributed by atoms with E-state index >= 15 is 0 Å². The fourth-order valence-electron chi connectivity index (χ4n) is 1.77. The number of carbonyl (C=O) groups is 2. The molecule has 1 aliphatic rings. The molecule has 1 fully saturated rings. The van der Waals surface area contributed by atoms with Crippen molar-refractivity contribution in [2.24, 2.45) is 10.9 Å². The predicted molar refractivity (Wildman–Crippen MR) is 77.3 cm³/mol. The summed E-state index contributed by atoms with van der Waals surface area (Å²) in [6.45, 7) is 3.90. The van der Waals surface area contributed by atoms with Crippen LogP contribution < -0.4 is 10.2 Å². The monoisotopic (exact) mass is 285 g/mol. The van der Waals surface area contributed by atoms with Gasteiger partial charge in [-0.2, -0.15) is 0 Å². The maximum Gasteiger partial charge on any atom is 0.246 e. The standard InChI is InChI=1S/C12H20N4O2S/c1-4-16-11(18)9(10(17)14-12(16)19)8-13-6-5-7-15(2)3/h8-9H,4-7H2,1-3H3,(H,14,17,19)/p+1/t9-/m1/s1. The Morgan fingerprint density at radius 1 is 1.47 bits per heavy atom. The van der Waals surface area contributed by atoms with E-state index in [0.29, 0.717) is 13.1 Å². The van der Waals surface area contributed by atoms with Gasteiger partial charge in [0.25, 0.3) is 0 Å². The second-order valence-corrected chi connectivity index (χ2v) is 5.11. The third-order valence-electron chi connectivity index (χ3n) is 2.82. The summed E-state index contributed by atoms with van der Waals surface area (Å²) in [5, 5.41) is 2.70. The van der Waals surface area contributed by atoms with Gasteiger partial charge >= 0.3 is 0 Å². The normalized spacial score (nSPS) is 20.5. The number of nitrogens with zero attached hydrogens (tertiary/aromatic N) is 2. The molecule has 0 aliphatic carbocycles. The topological polar surface area (TPSA) is 66.2 Å². The average Bonchev–Trinajstić information content (AvgIpc) is 2.32. The van der Waals surface area contributed by atoms with Gasteiger partial charge in [-0.05, 0) is 19.1 Å². The molecule has 1 heterocycles. The van der Waals surface area contributed by atoms with Gasteiger partial charge in [-0.3, -0.25) is 19.5 Å². The van der Waals surface area contributed by atoms with Crippen LogP contribution in [0.3, 0.4) is 0 Å². The Labute approximate surface area is 118 Å². The Balaban J connectivity index is 2.56. The van der Waals surface area contributed by atoms with E-state index in [2.05, 4.69) is 24.4 Å². The second kappa shape index (κ2) is 7.30. The first-order valence-electron chi connectivity index (χ1n) is 6.42. The van der Waals surface area contributed by atoms with E-state index in [-0.39, 0.29) is 16.9 Å². The van der Waals surface area contributed by atoms with Crippen molar-refractivity contribution in [3.05, 3.63) is 0 Å². The van der Waals surface area contributed by atoms with Gasteiger partial charge in [0, 0.05) is 25.7 Å². The molecule has 0 aromatic rings. The summed E-state index contributed by atoms with van der Waals surface area (Å²) in [7, 11) is 4.14. The molecule has 19 heavy (non-hydrogen) atoms. The van der Waals surface area contributed by atoms with Crippen LogP contribution in [-0.2, 0) is 9.59 Å². The van der Waals surface area contributed by atoms with Crippen molar-refractivity contribution in [2.45, 2.75) is 13.3 Å². The first-order chi connectivity index (χ1) is 8.97. The lowest BCUT2D eigenvalue weighted by atomic mass is 10.1. The summed E-state index contributed by atoms with van der Waals surface area (Å²) >= 11 is 4.94. The SMILES string of the molecule is CCN1C(=O)[C@H](C=NCCC[NH+](C)C)C(=O)NC1=S. The fourth-order valence-corrected chi connectivity index (χ4v) is 2.09. The van der Waals surface area contributed by atoms with Crippen molar-refractivity contribution in [1.29, 1.82) is 0 Å². The minimum Gasteiger partial charge on any atom is -0.340 e. The Bertz CT molecular complexity index is 395. The van der Waals surface area contributed by atoms with Crippen molar-refractivity contribution in [1.82, 2.24) is 10.2 Å². The van der Waals surface area contributed by atoms with Gasteiger partial charge in [0.15, 0.2) is 11.0 Å². The number of hydrogen-bond donors (Lipinski definition) is 2. The fraction of sp³-hybridized carbons (Fsp3) is 0.667. The summed E-state index contributed by atoms with van der Waals surface area (Å²) in [5.74, 6) is -1.53. The first-order valence-corrected chi connectivity index (χ1v) is 6.83. The van der Waals surface area contributed by atoms with Crippen LogP contribution in [0.15, 0.2) is 4.99 Å². The van der Waals surface area contributed by atoms with E-state index < -0.39 is 5.92 Å². The molecule has 0 aromatic carbocycles. The van der Waals surface area contributed by atoms with Crippen LogP contribution in [0.25, 0.3) is 0 Å². The van der Waals surface area contributed by atoms with E-state index in [9.17, 15) is 9.59 Å². The third-order valence-corrected chi connectivity index (χ3v) is 3.15. The molecular formula is C12H21N4O2S+. The maximum atomic E-state index is 12.0. The van der Waals surface area contributed by atoms with Gasteiger partial charge < -0.3 is 10.2 Å². The Morgan fingerprint density at radius 3 is 2.74 bits per heavy atom. The Kier molecular flexibility index (Phi) is 6.04. The lowest BCUT2D eigenvalue weighted by Gasteiger charge is -2.29. The first kappa shape index (κ1) is 15.7. The maximum absolute atomic E-state index is 12.0. The molecule has 2 amide bonds. The number of hydrogen-bond acceptors (Lipinski definition) is 4. The summed E-state index contributed by atoms with van der Waals surface area (Å²) in [6, 6.07) is 0. The van der Waals surface area contributed by atoms with E-state index in [4.69, 9.17) is 12.2 Å². The number of aliphatic imine (C=N–C) groups is 1. The summed E-state index contributed by atoms with van der Waals surface area (Å²) in [6.07, 6.45) is 2.37. The number of amides is 2. The van der Waals surface area contributed by atoms with Gasteiger partial charge in [0.1, 0.15) is 0 Å². The van der Waals surface area contributed by atoms with Gasteiger partial charge in [-0.15, -0.1) is 0 Å². The quantitative estimate of drug-likeness (QED) is 0.269. The van der Waals surface area contributed by atoms with Crippen LogP contribution in [-0.4, -0.2) is 61.8 Å². The van der Waals surface area contributed by atoms with Crippen LogP contribution in [0.2, 0.25) is 0 Å². The van der Waals surface area contributed by atoms with Gasteiger partial charge in [0.2, 0.25) is 11.8 Å². The van der Waals surface area contributed by atoms with Crippen molar-refractivity contribution in [2.75, 3.05) is 33.7 Å². The highest BCUT2D eigenvalue weighted by molar-refractivity contribution is 7.80. The molecular weight excluding hydrogens is 264 g/mol. The van der Waals surface area contributed by atoms with E-state index in [1.807, 2.05) is 6.92 Å². The number of rotatable bonds is 6. The minimum absolute atomic E-state index is 0.179. The van der Waals surface area contributed by atoms with Crippen LogP contribution in [0.4, 0.5) is 0 Å². The highest BCUT2D eigenvalue weighted by atomic mass is 32.1. The molecule has 0 saturated carbocycles. The molecule has 0 spiro atoms. The van der Waals surface area contributed by atoms with Crippen molar-refractivity contribution >= 4 is 35.4 Å². The van der Waals surface area contributed by atoms with Crippen molar-refractivity contribution in [3.8, 4) is 0 Å². The van der Waals surface area contributed by atoms with Crippen LogP contribution >= 0.6 is 12.2 Å². The molecule has 6 nitrogen and oxygen atoms in total. The van der Waals surface area contributed by atoms with Crippen LogP contribution in [0, 0.1) is 5.92 Å². The smallest absolute Gasteiger partial charge is 0.246 e. The van der Waals surface area contributed by atoms with Gasteiger partial charge in [-0.25, -0.2) is 0 Å². The number of nitrogens with one attached hydrogen (secondary N) is 2. The molecule has 1 saturated heterocycles. The predicted octanol–water partition coefficient (Wildman–Crippen LogP) is -1.53. The van der Waals surface area contributed by atoms with Crippen LogP contribution in [0.1, 0.15) is 13.3 Å². The molecule has 1 rings (SSSR count). The molecule has 2 N–H and O–H groups in total. The Morgan fingerprint density at radius 2 is 2.16 bits per heavy atom. The van der Waals surface area contributed by atoms with E-state index in [0.717, 1.165) is 13.0 Å². The van der Waals surface area contributed by atoms with Gasteiger partial charge in [-0.1, -0.05) is 0 Å². The molecule has 0 radical (unpaired) electrons. The molecule has 1 atom stereocenters. The summed E-state index contributed by atoms with van der Waals surface area (Å²) in [5.41, 5.74) is 0. The lowest BCUT2D eigenvalue weighted by molar-refractivity contribution is -0.858. The van der Waals surface area contributed by atoms with Gasteiger partial charge in [0.05, 0.1) is 20.6 Å². The lowest BCUT2D eigenvalue weighted by Crippen LogP contribution is -3.05. The van der Waals surface area contributed by atoms with E-state index in [1.54, 1.807) is 0 Å². The molecule has 1 aliphatic heterocycles. The zero-order chi connectivity index (χ0) is 14.4. The van der Waals surface area contributed by atoms with E-state index in [1.165, 1.54) is 16.0 Å². The highest BCUT2D eigenvalue weighted by Crippen LogP contribution is 2.08. The average molecular weight is 285 g/mol. The third kappa shape index (κ3) is 4.36. The molecule has 0 aromatic heterocycles. The molecule has 0 unspecified atom stereocenters. The Hall–Kier alpha value is -1.34. The molecule has 7 heteroatoms. The number of thiocarbonyl (C=S) groups is 1. The molecule has 0 bridgehead atoms. The summed E-state index contributed by atoms with van der Waals surface area (Å²) < 4.78 is 0. The minimum atomic E-state index is -0.849. The zero-order valence-corrected chi connectivity index (χ0v) is 12.4. The second-order valence-electron chi connectivity index (χ2n) is 4.72. The van der Waals surface area contributed by atoms with Crippen LogP contribution in [0.5, 0.6) is 0 Å². The number of quaternary nitrogens is 1. The highest BCUT2D eigenvalue weighted by Gasteiger charge is 2.36. The van der Waals surface area contributed by atoms with Crippen molar-refractivity contribution in [3.63, 3.8) is 0 Å². The zero-order valence-electron chi connectivity index (χ0n) is 11.6. The van der Waals surface area contributed by atoms with Crippen molar-refractivity contribution < 1.29 is 14.5 Å². The number of carbonyl (C=O) groups excluding carboxylic acids is 2.